The molecule has 0 heterocycles. The van der Waals surface area contributed by atoms with Crippen molar-refractivity contribution in [3.05, 3.63) is 85.1 Å². The first-order valence-electron chi connectivity index (χ1n) is 22.3. The number of carbonyl (C=O) groups excluding carboxylic acids is 1. The van der Waals surface area contributed by atoms with Crippen LogP contribution >= 0.6 is 7.82 Å². The minimum atomic E-state index is -4.30. The number of carbonyl (C=O) groups is 1. The van der Waals surface area contributed by atoms with E-state index in [4.69, 9.17) is 18.5 Å². The molecule has 8 nitrogen and oxygen atoms in total. The Bertz CT molecular complexity index is 1180. The number of likely N-dealkylation sites (N-methyl/N-ethyl adjacent to an activating group) is 1. The van der Waals surface area contributed by atoms with E-state index in [9.17, 15) is 14.3 Å². The van der Waals surface area contributed by atoms with E-state index in [1.807, 2.05) is 33.3 Å². The lowest BCUT2D eigenvalue weighted by atomic mass is 10.1. The van der Waals surface area contributed by atoms with Crippen LogP contribution in [-0.2, 0) is 27.9 Å². The Balaban J connectivity index is 4.29. The van der Waals surface area contributed by atoms with Crippen molar-refractivity contribution in [3.63, 3.8) is 0 Å². The maximum atomic E-state index is 12.6. The van der Waals surface area contributed by atoms with Crippen LogP contribution in [0.25, 0.3) is 0 Å². The van der Waals surface area contributed by atoms with Crippen LogP contribution in [0.2, 0.25) is 0 Å². The summed E-state index contributed by atoms with van der Waals surface area (Å²) < 4.78 is 34.9. The first-order valence-corrected chi connectivity index (χ1v) is 23.8. The van der Waals surface area contributed by atoms with Crippen molar-refractivity contribution < 1.29 is 37.3 Å². The van der Waals surface area contributed by atoms with E-state index in [1.54, 1.807) is 0 Å². The Labute approximate surface area is 350 Å². The molecule has 328 valence electrons. The largest absolute Gasteiger partial charge is 0.472 e. The number of allylic oxidation sites excluding steroid dienone is 14. The molecule has 0 saturated carbocycles. The van der Waals surface area contributed by atoms with Gasteiger partial charge in [0.2, 0.25) is 0 Å². The van der Waals surface area contributed by atoms with Crippen molar-refractivity contribution in [1.29, 1.82) is 0 Å². The first kappa shape index (κ1) is 54.7. The van der Waals surface area contributed by atoms with Gasteiger partial charge in [0.1, 0.15) is 19.3 Å². The van der Waals surface area contributed by atoms with Crippen molar-refractivity contribution in [1.82, 2.24) is 0 Å². The Morgan fingerprint density at radius 3 is 1.53 bits per heavy atom. The van der Waals surface area contributed by atoms with Gasteiger partial charge in [-0.25, -0.2) is 4.57 Å². The van der Waals surface area contributed by atoms with Gasteiger partial charge in [-0.05, 0) is 77.0 Å². The van der Waals surface area contributed by atoms with Crippen LogP contribution in [0.4, 0.5) is 0 Å². The van der Waals surface area contributed by atoms with Gasteiger partial charge in [0, 0.05) is 13.0 Å². The van der Waals surface area contributed by atoms with Gasteiger partial charge in [-0.1, -0.05) is 157 Å². The minimum Gasteiger partial charge on any atom is -0.457 e. The molecule has 0 aromatic heterocycles. The molecule has 0 spiro atoms. The van der Waals surface area contributed by atoms with Crippen molar-refractivity contribution >= 4 is 13.8 Å². The molecule has 0 amide bonds. The Morgan fingerprint density at radius 2 is 1.02 bits per heavy atom. The molecule has 57 heavy (non-hydrogen) atoms. The van der Waals surface area contributed by atoms with Crippen LogP contribution in [0.3, 0.4) is 0 Å². The van der Waals surface area contributed by atoms with Gasteiger partial charge in [-0.15, -0.1) is 0 Å². The van der Waals surface area contributed by atoms with Crippen molar-refractivity contribution in [2.45, 2.75) is 161 Å². The van der Waals surface area contributed by atoms with Crippen LogP contribution in [0, 0.1) is 0 Å². The maximum Gasteiger partial charge on any atom is 0.472 e. The summed E-state index contributed by atoms with van der Waals surface area (Å²) in [6.45, 7) is 5.34. The molecule has 0 aliphatic carbocycles. The van der Waals surface area contributed by atoms with E-state index in [0.717, 1.165) is 64.2 Å². The third-order valence-corrected chi connectivity index (χ3v) is 9.94. The monoisotopic (exact) mass is 819 g/mol. The number of ether oxygens (including phenoxy) is 2. The van der Waals surface area contributed by atoms with E-state index >= 15 is 0 Å². The summed E-state index contributed by atoms with van der Waals surface area (Å²) in [5.74, 6) is -0.400. The number of hydrogen-bond donors (Lipinski definition) is 1. The lowest BCUT2D eigenvalue weighted by Crippen LogP contribution is -2.37. The molecule has 0 rings (SSSR count). The van der Waals surface area contributed by atoms with E-state index in [0.29, 0.717) is 24.1 Å². The Morgan fingerprint density at radius 1 is 0.561 bits per heavy atom. The summed E-state index contributed by atoms with van der Waals surface area (Å²) in [4.78, 5) is 22.8. The van der Waals surface area contributed by atoms with Crippen LogP contribution in [0.15, 0.2) is 85.1 Å². The van der Waals surface area contributed by atoms with Gasteiger partial charge in [-0.2, -0.15) is 0 Å². The number of rotatable bonds is 40. The number of hydrogen-bond acceptors (Lipinski definition) is 6. The van der Waals surface area contributed by atoms with Gasteiger partial charge in [0.05, 0.1) is 34.4 Å². The second-order valence-electron chi connectivity index (χ2n) is 15.7. The van der Waals surface area contributed by atoms with E-state index in [2.05, 4.69) is 86.8 Å². The Kier molecular flexibility index (Phi) is 38.8. The van der Waals surface area contributed by atoms with Crippen molar-refractivity contribution in [3.8, 4) is 0 Å². The van der Waals surface area contributed by atoms with E-state index in [1.165, 1.54) is 64.2 Å². The van der Waals surface area contributed by atoms with Gasteiger partial charge < -0.3 is 18.9 Å². The van der Waals surface area contributed by atoms with Crippen molar-refractivity contribution in [2.24, 2.45) is 0 Å². The van der Waals surface area contributed by atoms with E-state index < -0.39 is 19.9 Å². The molecule has 0 aromatic rings. The molecule has 9 heteroatoms. The van der Waals surface area contributed by atoms with Crippen molar-refractivity contribution in [2.75, 3.05) is 54.1 Å². The molecule has 0 aliphatic rings. The highest BCUT2D eigenvalue weighted by Gasteiger charge is 2.26. The smallest absolute Gasteiger partial charge is 0.457 e. The SMILES string of the molecule is CC/C=C\C/C=C\C/C=C\C/C=C\CCC(=O)OC(COCCCCCCCCC/C=C\C/C=C\C/C=C\CCCCCCC)COP(=O)(O)OCC[N+](C)(C)C. The molecule has 0 fully saturated rings. The summed E-state index contributed by atoms with van der Waals surface area (Å²) in [6.07, 6.45) is 53.6. The fourth-order valence-electron chi connectivity index (χ4n) is 5.51. The summed E-state index contributed by atoms with van der Waals surface area (Å²) >= 11 is 0. The first-order chi connectivity index (χ1) is 27.6. The molecule has 2 unspecified atom stereocenters. The normalized spacial score (nSPS) is 14.6. The predicted octanol–water partition coefficient (Wildman–Crippen LogP) is 13.3. The highest BCUT2D eigenvalue weighted by Crippen LogP contribution is 2.43. The van der Waals surface area contributed by atoms with Gasteiger partial charge in [-0.3, -0.25) is 13.8 Å². The van der Waals surface area contributed by atoms with Gasteiger partial charge in [0.25, 0.3) is 0 Å². The minimum absolute atomic E-state index is 0.0692. The summed E-state index contributed by atoms with van der Waals surface area (Å²) in [5, 5.41) is 0. The summed E-state index contributed by atoms with van der Waals surface area (Å²) in [7, 11) is 1.60. The quantitative estimate of drug-likeness (QED) is 0.0216. The fraction of sp³-hybridized carbons (Fsp3) is 0.688. The van der Waals surface area contributed by atoms with E-state index in [-0.39, 0.29) is 26.2 Å². The zero-order valence-electron chi connectivity index (χ0n) is 37.0. The molecular formula is C48H85NO7P+. The zero-order valence-corrected chi connectivity index (χ0v) is 37.9. The highest BCUT2D eigenvalue weighted by atomic mass is 31.2. The second-order valence-corrected chi connectivity index (χ2v) is 17.1. The number of phosphoric acid groups is 1. The lowest BCUT2D eigenvalue weighted by molar-refractivity contribution is -0.870. The molecular weight excluding hydrogens is 734 g/mol. The van der Waals surface area contributed by atoms with Gasteiger partial charge >= 0.3 is 13.8 Å². The molecule has 0 aliphatic heterocycles. The zero-order chi connectivity index (χ0) is 42.0. The average Bonchev–Trinajstić information content (AvgIpc) is 3.16. The molecule has 1 N–H and O–H groups in total. The third kappa shape index (κ3) is 44.6. The van der Waals surface area contributed by atoms with Crippen LogP contribution < -0.4 is 0 Å². The number of quaternary nitrogens is 1. The summed E-state index contributed by atoms with van der Waals surface area (Å²) in [5.41, 5.74) is 0. The second kappa shape index (κ2) is 40.5. The third-order valence-electron chi connectivity index (χ3n) is 8.95. The number of nitrogens with zero attached hydrogens (tertiary/aromatic N) is 1. The molecule has 0 radical (unpaired) electrons. The van der Waals surface area contributed by atoms with Crippen LogP contribution in [-0.4, -0.2) is 75.6 Å². The van der Waals surface area contributed by atoms with Crippen LogP contribution in [0.5, 0.6) is 0 Å². The topological polar surface area (TPSA) is 91.3 Å². The fourth-order valence-corrected chi connectivity index (χ4v) is 6.25. The number of unbranched alkanes of at least 4 members (excludes halogenated alkanes) is 12. The molecule has 0 bridgehead atoms. The molecule has 2 atom stereocenters. The highest BCUT2D eigenvalue weighted by molar-refractivity contribution is 7.47. The predicted molar refractivity (Wildman–Crippen MR) is 242 cm³/mol. The summed E-state index contributed by atoms with van der Waals surface area (Å²) in [6, 6.07) is 0. The standard InChI is InChI=1S/C48H84NO7P/c1-6-8-10-12-14-16-18-20-21-22-23-24-25-26-27-28-30-32-34-36-38-40-43-53-45-47(46-55-57(51,52)54-44-42-49(3,4)5)56-48(50)41-39-37-35-33-31-29-19-17-15-13-11-9-7-2/h9,11,15,17-18,20,22-23,25-26,29,31,35,37,47H,6-8,10,12-14,16,19,21,24,27-28,30,32-34,36,38-46H2,1-5H3/p+1/b11-9-,17-15-,20-18-,23-22-,26-25-,31-29-,37-35-. The lowest BCUT2D eigenvalue weighted by Gasteiger charge is -2.24. The van der Waals surface area contributed by atoms with Gasteiger partial charge in [0.15, 0.2) is 0 Å². The number of esters is 1. The van der Waals surface area contributed by atoms with Crippen LogP contribution in [0.1, 0.15) is 155 Å². The average molecular weight is 819 g/mol. The molecule has 0 saturated heterocycles. The maximum absolute atomic E-state index is 12.6. The number of phosphoric ester groups is 1. The Hall–Kier alpha value is -2.32. The molecule has 0 aromatic carbocycles.